The van der Waals surface area contributed by atoms with E-state index in [1.807, 2.05) is 13.8 Å². The third-order valence-corrected chi connectivity index (χ3v) is 4.20. The van der Waals surface area contributed by atoms with Crippen molar-refractivity contribution in [2.75, 3.05) is 32.7 Å². The molecule has 1 aliphatic heterocycles. The summed E-state index contributed by atoms with van der Waals surface area (Å²) in [6.07, 6.45) is 6.74. The summed E-state index contributed by atoms with van der Waals surface area (Å²) in [5.74, 6) is 0. The molecule has 1 aliphatic carbocycles. The van der Waals surface area contributed by atoms with Gasteiger partial charge in [0.2, 0.25) is 0 Å². The van der Waals surface area contributed by atoms with Gasteiger partial charge in [0.15, 0.2) is 0 Å². The van der Waals surface area contributed by atoms with Crippen molar-refractivity contribution in [3.63, 3.8) is 0 Å². The standard InChI is InChI=1S/C14H26N2O/c1-14(2,12-17)11-15-7-9-16(10-8-15)13-5-3-4-6-13/h12-13H,3-11H2,1-2H3. The van der Waals surface area contributed by atoms with Gasteiger partial charge >= 0.3 is 0 Å². The minimum atomic E-state index is -0.185. The predicted molar refractivity (Wildman–Crippen MR) is 70.1 cm³/mol. The number of rotatable bonds is 4. The SMILES string of the molecule is CC(C)(C=O)CN1CCN(C2CCCC2)CC1. The predicted octanol–water partition coefficient (Wildman–Crippen LogP) is 1.77. The van der Waals surface area contributed by atoms with Crippen molar-refractivity contribution < 1.29 is 4.79 Å². The lowest BCUT2D eigenvalue weighted by Gasteiger charge is -2.39. The first-order chi connectivity index (χ1) is 8.11. The minimum absolute atomic E-state index is 0.185. The highest BCUT2D eigenvalue weighted by Gasteiger charge is 2.28. The quantitative estimate of drug-likeness (QED) is 0.697. The van der Waals surface area contributed by atoms with Crippen LogP contribution in [0, 0.1) is 5.41 Å². The van der Waals surface area contributed by atoms with E-state index in [4.69, 9.17) is 0 Å². The molecule has 1 heterocycles. The van der Waals surface area contributed by atoms with Crippen LogP contribution in [-0.4, -0.2) is 54.9 Å². The number of carbonyl (C=O) groups excluding carboxylic acids is 1. The van der Waals surface area contributed by atoms with E-state index < -0.39 is 0 Å². The highest BCUT2D eigenvalue weighted by atomic mass is 16.1. The maximum absolute atomic E-state index is 10.9. The molecule has 2 rings (SSSR count). The van der Waals surface area contributed by atoms with Crippen LogP contribution in [-0.2, 0) is 4.79 Å². The van der Waals surface area contributed by atoms with Crippen molar-refractivity contribution >= 4 is 6.29 Å². The fourth-order valence-corrected chi connectivity index (χ4v) is 3.17. The number of aldehydes is 1. The van der Waals surface area contributed by atoms with Crippen molar-refractivity contribution in [2.45, 2.75) is 45.6 Å². The highest BCUT2D eigenvalue weighted by molar-refractivity contribution is 5.58. The van der Waals surface area contributed by atoms with Crippen molar-refractivity contribution in [3.8, 4) is 0 Å². The van der Waals surface area contributed by atoms with E-state index >= 15 is 0 Å². The van der Waals surface area contributed by atoms with Gasteiger partial charge in [0.1, 0.15) is 6.29 Å². The molecular weight excluding hydrogens is 212 g/mol. The second-order valence-corrected chi connectivity index (χ2v) is 6.36. The third-order valence-electron chi connectivity index (χ3n) is 4.20. The second-order valence-electron chi connectivity index (χ2n) is 6.36. The molecule has 3 nitrogen and oxygen atoms in total. The largest absolute Gasteiger partial charge is 0.303 e. The average Bonchev–Trinajstić information content (AvgIpc) is 2.83. The van der Waals surface area contributed by atoms with Gasteiger partial charge in [-0.05, 0) is 12.8 Å². The molecule has 98 valence electrons. The summed E-state index contributed by atoms with van der Waals surface area (Å²) in [6, 6.07) is 0.858. The van der Waals surface area contributed by atoms with E-state index in [1.54, 1.807) is 0 Å². The topological polar surface area (TPSA) is 23.6 Å². The lowest BCUT2D eigenvalue weighted by atomic mass is 9.95. The van der Waals surface area contributed by atoms with Gasteiger partial charge in [0, 0.05) is 44.2 Å². The van der Waals surface area contributed by atoms with E-state index in [0.717, 1.165) is 32.0 Å². The van der Waals surface area contributed by atoms with Gasteiger partial charge in [-0.25, -0.2) is 0 Å². The fraction of sp³-hybridized carbons (Fsp3) is 0.929. The van der Waals surface area contributed by atoms with E-state index in [2.05, 4.69) is 9.80 Å². The summed E-state index contributed by atoms with van der Waals surface area (Å²) >= 11 is 0. The van der Waals surface area contributed by atoms with Crippen molar-refractivity contribution in [1.29, 1.82) is 0 Å². The molecule has 0 amide bonds. The smallest absolute Gasteiger partial charge is 0.126 e. The lowest BCUT2D eigenvalue weighted by molar-refractivity contribution is -0.115. The van der Waals surface area contributed by atoms with Crippen LogP contribution < -0.4 is 0 Å². The Morgan fingerprint density at radius 3 is 2.24 bits per heavy atom. The van der Waals surface area contributed by atoms with Crippen LogP contribution in [0.2, 0.25) is 0 Å². The molecule has 0 aromatic heterocycles. The summed E-state index contributed by atoms with van der Waals surface area (Å²) in [4.78, 5) is 16.0. The molecule has 1 saturated carbocycles. The first-order valence-corrected chi connectivity index (χ1v) is 7.03. The summed E-state index contributed by atoms with van der Waals surface area (Å²) < 4.78 is 0. The van der Waals surface area contributed by atoms with Crippen molar-refractivity contribution in [1.82, 2.24) is 9.80 Å². The molecule has 0 atom stereocenters. The Bertz CT molecular complexity index is 251. The van der Waals surface area contributed by atoms with Crippen LogP contribution in [0.1, 0.15) is 39.5 Å². The zero-order chi connectivity index (χ0) is 12.3. The summed E-state index contributed by atoms with van der Waals surface area (Å²) in [6.45, 7) is 9.63. The number of hydrogen-bond donors (Lipinski definition) is 0. The maximum Gasteiger partial charge on any atom is 0.126 e. The molecule has 3 heteroatoms. The monoisotopic (exact) mass is 238 g/mol. The molecule has 0 bridgehead atoms. The van der Waals surface area contributed by atoms with Gasteiger partial charge in [0.25, 0.3) is 0 Å². The maximum atomic E-state index is 10.9. The van der Waals surface area contributed by atoms with Crippen LogP contribution in [0.15, 0.2) is 0 Å². The normalized spacial score (nSPS) is 25.3. The fourth-order valence-electron chi connectivity index (χ4n) is 3.17. The van der Waals surface area contributed by atoms with Crippen LogP contribution in [0.5, 0.6) is 0 Å². The highest BCUT2D eigenvalue weighted by Crippen LogP contribution is 2.24. The molecule has 2 aliphatic rings. The van der Waals surface area contributed by atoms with Crippen LogP contribution in [0.3, 0.4) is 0 Å². The third kappa shape index (κ3) is 3.52. The van der Waals surface area contributed by atoms with Gasteiger partial charge in [0.05, 0.1) is 0 Å². The molecular formula is C14H26N2O. The Balaban J connectivity index is 1.75. The van der Waals surface area contributed by atoms with Gasteiger partial charge in [-0.2, -0.15) is 0 Å². The number of piperazine rings is 1. The molecule has 0 N–H and O–H groups in total. The van der Waals surface area contributed by atoms with Crippen molar-refractivity contribution in [2.24, 2.45) is 5.41 Å². The van der Waals surface area contributed by atoms with Gasteiger partial charge in [-0.1, -0.05) is 26.7 Å². The molecule has 2 fully saturated rings. The molecule has 0 aromatic rings. The molecule has 0 radical (unpaired) electrons. The first kappa shape index (κ1) is 13.0. The first-order valence-electron chi connectivity index (χ1n) is 7.03. The van der Waals surface area contributed by atoms with Crippen LogP contribution in [0.4, 0.5) is 0 Å². The van der Waals surface area contributed by atoms with E-state index in [-0.39, 0.29) is 5.41 Å². The van der Waals surface area contributed by atoms with Gasteiger partial charge < -0.3 is 4.79 Å². The molecule has 17 heavy (non-hydrogen) atoms. The van der Waals surface area contributed by atoms with Gasteiger partial charge in [-0.15, -0.1) is 0 Å². The summed E-state index contributed by atoms with van der Waals surface area (Å²) in [5, 5.41) is 0. The molecule has 0 spiro atoms. The number of hydrogen-bond acceptors (Lipinski definition) is 3. The zero-order valence-corrected chi connectivity index (χ0v) is 11.3. The Hall–Kier alpha value is -0.410. The number of nitrogens with zero attached hydrogens (tertiary/aromatic N) is 2. The zero-order valence-electron chi connectivity index (χ0n) is 11.3. The Morgan fingerprint density at radius 1 is 1.12 bits per heavy atom. The molecule has 0 aromatic carbocycles. The van der Waals surface area contributed by atoms with E-state index in [1.165, 1.54) is 38.8 Å². The van der Waals surface area contributed by atoms with Crippen LogP contribution >= 0.6 is 0 Å². The van der Waals surface area contributed by atoms with E-state index in [0.29, 0.717) is 0 Å². The second kappa shape index (κ2) is 5.49. The van der Waals surface area contributed by atoms with Crippen LogP contribution in [0.25, 0.3) is 0 Å². The average molecular weight is 238 g/mol. The Kier molecular flexibility index (Phi) is 4.21. The molecule has 1 saturated heterocycles. The van der Waals surface area contributed by atoms with Crippen molar-refractivity contribution in [3.05, 3.63) is 0 Å². The van der Waals surface area contributed by atoms with Gasteiger partial charge in [-0.3, -0.25) is 9.80 Å². The number of carbonyl (C=O) groups is 1. The molecule has 0 unspecified atom stereocenters. The van der Waals surface area contributed by atoms with E-state index in [9.17, 15) is 4.79 Å². The Morgan fingerprint density at radius 2 is 1.71 bits per heavy atom. The Labute approximate surface area is 105 Å². The minimum Gasteiger partial charge on any atom is -0.303 e. The summed E-state index contributed by atoms with van der Waals surface area (Å²) in [5.41, 5.74) is -0.185. The lowest BCUT2D eigenvalue weighted by Crippen LogP contribution is -2.51. The summed E-state index contributed by atoms with van der Waals surface area (Å²) in [7, 11) is 0.